The smallest absolute Gasteiger partial charge is 0.339 e. The summed E-state index contributed by atoms with van der Waals surface area (Å²) in [7, 11) is 1.43. The molecular formula is C68H77ClN6O12. The lowest BCUT2D eigenvalue weighted by Crippen LogP contribution is -2.30. The summed E-state index contributed by atoms with van der Waals surface area (Å²) in [6.45, 7) is 4.40. The molecule has 0 spiro atoms. The zero-order valence-electron chi connectivity index (χ0n) is 49.7. The number of benzene rings is 5. The van der Waals surface area contributed by atoms with Crippen LogP contribution in [0.4, 0.5) is 17.1 Å². The summed E-state index contributed by atoms with van der Waals surface area (Å²) >= 11 is 6.43. The Morgan fingerprint density at radius 2 is 1.28 bits per heavy atom. The number of carbonyl (C=O) groups is 7. The lowest BCUT2D eigenvalue weighted by Gasteiger charge is -2.16. The van der Waals surface area contributed by atoms with Crippen molar-refractivity contribution in [3.05, 3.63) is 159 Å². The number of hydrogen-bond acceptors (Lipinski definition) is 12. The van der Waals surface area contributed by atoms with E-state index in [1.165, 1.54) is 44.3 Å². The molecule has 2 aliphatic rings. The number of ketones is 1. The van der Waals surface area contributed by atoms with Gasteiger partial charge in [0, 0.05) is 48.2 Å². The molecule has 1 aromatic heterocycles. The minimum Gasteiger partial charge on any atom is -0.494 e. The molecule has 6 aromatic rings. The number of aromatic nitrogens is 1. The zero-order chi connectivity index (χ0) is 61.7. The first kappa shape index (κ1) is 64.4. The van der Waals surface area contributed by atoms with Gasteiger partial charge in [0.2, 0.25) is 11.8 Å². The van der Waals surface area contributed by atoms with Gasteiger partial charge in [0.15, 0.2) is 12.4 Å². The summed E-state index contributed by atoms with van der Waals surface area (Å²) < 4.78 is 22.8. The molecule has 0 bridgehead atoms. The number of aromatic carboxylic acids is 1. The Balaban J connectivity index is 0.624. The van der Waals surface area contributed by atoms with Crippen LogP contribution in [0.25, 0.3) is 11.1 Å². The number of Topliss-reactive ketones (excluding diaryl/α,β-unsaturated/α-hetero) is 1. The average Bonchev–Trinajstić information content (AvgIpc) is 1.77. The Hall–Kier alpha value is -8.61. The number of hydrogen-bond donors (Lipinski definition) is 6. The lowest BCUT2D eigenvalue weighted by atomic mass is 9.87. The third-order valence-corrected chi connectivity index (χ3v) is 16.3. The van der Waals surface area contributed by atoms with Crippen LogP contribution in [0, 0.1) is 25.7 Å². The van der Waals surface area contributed by atoms with E-state index >= 15 is 0 Å². The van der Waals surface area contributed by atoms with E-state index in [1.54, 1.807) is 54.6 Å². The van der Waals surface area contributed by atoms with E-state index in [1.807, 2.05) is 38.1 Å². The summed E-state index contributed by atoms with van der Waals surface area (Å²) in [5.41, 5.74) is 7.81. The molecule has 5 aromatic carbocycles. The number of nitrogens with one attached hydrogen (secondary N) is 5. The van der Waals surface area contributed by atoms with Gasteiger partial charge in [-0.3, -0.25) is 33.8 Å². The van der Waals surface area contributed by atoms with Crippen LogP contribution in [-0.2, 0) is 32.1 Å². The molecule has 0 saturated heterocycles. The molecule has 18 nitrogen and oxygen atoms in total. The second-order valence-electron chi connectivity index (χ2n) is 22.2. The normalized spacial score (nSPS) is 13.6. The van der Waals surface area contributed by atoms with Crippen LogP contribution < -0.4 is 40.8 Å². The number of nitrogens with zero attached hydrogens (tertiary/aromatic N) is 1. The van der Waals surface area contributed by atoms with Crippen molar-refractivity contribution in [2.24, 2.45) is 11.8 Å². The standard InChI is InChI=1S/C68H77ClN6O12/c1-43-44(2)64-49(35-53(65(64)79)46-20-12-13-21-46)36-59(43)86-39-45-19-18-22-47(33-45)48-24-29-58(54(34-48)68(82)83)87-42-62(77)72-32-16-11-9-7-5-4-6-8-10-15-31-71-61(76)40-85-41-63(78)73-50-25-27-52(55(69)37-50)66(80)75-56-28-26-51(38-60(56)84-3)74-67(81)57-23-14-17-30-70-57/h14,17-19,22-30,33-34,36-38,46,53H,4-13,15-16,20-21,31-32,35,39-42H2,1-3H3,(H,71,76)(H,72,77)(H,73,78)(H,74,81)(H,75,80)(H,82,83). The van der Waals surface area contributed by atoms with Crippen molar-refractivity contribution in [2.75, 3.05) is 56.0 Å². The number of unbranched alkanes of at least 4 members (excludes halogenated alkanes) is 9. The monoisotopic (exact) mass is 1200 g/mol. The Labute approximate surface area is 512 Å². The van der Waals surface area contributed by atoms with Gasteiger partial charge in [-0.05, 0) is 152 Å². The number of amides is 5. The Kier molecular flexibility index (Phi) is 23.8. The number of carboxylic acid groups (broad SMARTS) is 1. The van der Waals surface area contributed by atoms with E-state index in [4.69, 9.17) is 30.5 Å². The maximum atomic E-state index is 13.5. The fourth-order valence-electron chi connectivity index (χ4n) is 11.2. The van der Waals surface area contributed by atoms with Crippen molar-refractivity contribution in [3.8, 4) is 28.4 Å². The number of pyridine rings is 1. The molecule has 1 heterocycles. The highest BCUT2D eigenvalue weighted by Crippen LogP contribution is 2.43. The average molecular weight is 1210 g/mol. The van der Waals surface area contributed by atoms with Crippen LogP contribution in [0.15, 0.2) is 109 Å². The summed E-state index contributed by atoms with van der Waals surface area (Å²) in [6, 6.07) is 28.9. The molecule has 5 amide bonds. The van der Waals surface area contributed by atoms with E-state index in [9.17, 15) is 38.7 Å². The number of carbonyl (C=O) groups excluding carboxylic acids is 6. The van der Waals surface area contributed by atoms with Gasteiger partial charge in [0.1, 0.15) is 48.3 Å². The first-order chi connectivity index (χ1) is 42.1. The highest BCUT2D eigenvalue weighted by atomic mass is 35.5. The van der Waals surface area contributed by atoms with E-state index < -0.39 is 23.7 Å². The Bertz CT molecular complexity index is 3420. The Morgan fingerprint density at radius 1 is 0.609 bits per heavy atom. The maximum Gasteiger partial charge on any atom is 0.339 e. The van der Waals surface area contributed by atoms with Crippen LogP contribution in [0.3, 0.4) is 0 Å². The second kappa shape index (κ2) is 32.2. The number of ether oxygens (including phenoxy) is 4. The molecule has 458 valence electrons. The van der Waals surface area contributed by atoms with Crippen molar-refractivity contribution in [2.45, 2.75) is 117 Å². The topological polar surface area (TPSA) is 250 Å². The number of rotatable bonds is 32. The fraction of sp³-hybridized carbons (Fsp3) is 0.382. The fourth-order valence-corrected chi connectivity index (χ4v) is 11.5. The number of halogens is 1. The van der Waals surface area contributed by atoms with E-state index in [-0.39, 0.29) is 65.1 Å². The van der Waals surface area contributed by atoms with Crippen LogP contribution in [0.2, 0.25) is 5.02 Å². The number of fused-ring (bicyclic) bond motifs is 1. The van der Waals surface area contributed by atoms with Gasteiger partial charge in [-0.1, -0.05) is 106 Å². The minimum atomic E-state index is -1.16. The van der Waals surface area contributed by atoms with Gasteiger partial charge in [-0.15, -0.1) is 0 Å². The first-order valence-electron chi connectivity index (χ1n) is 30.0. The third-order valence-electron chi connectivity index (χ3n) is 16.0. The highest BCUT2D eigenvalue weighted by molar-refractivity contribution is 6.34. The lowest BCUT2D eigenvalue weighted by molar-refractivity contribution is -0.128. The number of carboxylic acids is 1. The molecule has 2 aliphatic carbocycles. The molecule has 8 rings (SSSR count). The maximum absolute atomic E-state index is 13.5. The molecule has 19 heteroatoms. The highest BCUT2D eigenvalue weighted by Gasteiger charge is 2.39. The number of anilines is 3. The second-order valence-corrected chi connectivity index (χ2v) is 22.6. The predicted octanol–water partition coefficient (Wildman–Crippen LogP) is 12.5. The molecule has 6 N–H and O–H groups in total. The summed E-state index contributed by atoms with van der Waals surface area (Å²) in [6.07, 6.45) is 17.1. The summed E-state index contributed by atoms with van der Waals surface area (Å²) in [5, 5.41) is 24.0. The molecule has 0 radical (unpaired) electrons. The SMILES string of the molecule is COc1cc(NC(=O)c2ccccn2)ccc1NC(=O)c1ccc(NC(=O)COCC(=O)NCCCCCCCCCCCCNC(=O)COc2ccc(-c3cccc(COc4cc5c(c(C)c4C)C(=O)C(C4CCCC4)C5)c3)cc2C(=O)O)cc1Cl. The van der Waals surface area contributed by atoms with Crippen molar-refractivity contribution in [3.63, 3.8) is 0 Å². The summed E-state index contributed by atoms with van der Waals surface area (Å²) in [4.78, 5) is 93.0. The zero-order valence-corrected chi connectivity index (χ0v) is 50.4. The van der Waals surface area contributed by atoms with Gasteiger partial charge in [0.25, 0.3) is 17.7 Å². The summed E-state index contributed by atoms with van der Waals surface area (Å²) in [5.74, 6) is -1.21. The van der Waals surface area contributed by atoms with E-state index in [0.29, 0.717) is 59.8 Å². The molecule has 1 saturated carbocycles. The van der Waals surface area contributed by atoms with Crippen LogP contribution in [0.5, 0.6) is 17.2 Å². The molecule has 1 unspecified atom stereocenters. The number of methoxy groups -OCH3 is 1. The van der Waals surface area contributed by atoms with Crippen LogP contribution >= 0.6 is 11.6 Å². The molecule has 1 fully saturated rings. The van der Waals surface area contributed by atoms with Crippen molar-refractivity contribution in [1.29, 1.82) is 0 Å². The third kappa shape index (κ3) is 18.5. The molecule has 0 aliphatic heterocycles. The quantitative estimate of drug-likeness (QED) is 0.0215. The largest absolute Gasteiger partial charge is 0.494 e. The van der Waals surface area contributed by atoms with Gasteiger partial charge in [0.05, 0.1) is 23.4 Å². The van der Waals surface area contributed by atoms with Crippen LogP contribution in [-0.4, -0.2) is 91.4 Å². The van der Waals surface area contributed by atoms with Crippen LogP contribution in [0.1, 0.15) is 154 Å². The Morgan fingerprint density at radius 3 is 1.95 bits per heavy atom. The van der Waals surface area contributed by atoms with Gasteiger partial charge >= 0.3 is 5.97 Å². The minimum absolute atomic E-state index is 0.0394. The van der Waals surface area contributed by atoms with Gasteiger partial charge < -0.3 is 50.6 Å². The van der Waals surface area contributed by atoms with Gasteiger partial charge in [-0.2, -0.15) is 0 Å². The first-order valence-corrected chi connectivity index (χ1v) is 30.3. The molecule has 1 atom stereocenters. The molecular weight excluding hydrogens is 1130 g/mol. The van der Waals surface area contributed by atoms with Crippen molar-refractivity contribution < 1.29 is 57.6 Å². The van der Waals surface area contributed by atoms with Gasteiger partial charge in [-0.25, -0.2) is 4.79 Å². The van der Waals surface area contributed by atoms with E-state index in [0.717, 1.165) is 123 Å². The van der Waals surface area contributed by atoms with Crippen molar-refractivity contribution in [1.82, 2.24) is 15.6 Å². The van der Waals surface area contributed by atoms with Crippen molar-refractivity contribution >= 4 is 70.0 Å². The molecule has 87 heavy (non-hydrogen) atoms. The predicted molar refractivity (Wildman–Crippen MR) is 334 cm³/mol. The van der Waals surface area contributed by atoms with E-state index in [2.05, 4.69) is 37.6 Å².